The van der Waals surface area contributed by atoms with E-state index in [9.17, 15) is 0 Å². The van der Waals surface area contributed by atoms with Gasteiger partial charge in [-0.05, 0) is 47.7 Å². The van der Waals surface area contributed by atoms with Crippen LogP contribution in [0.1, 0.15) is 36.5 Å². The van der Waals surface area contributed by atoms with Crippen molar-refractivity contribution in [3.05, 3.63) is 89.5 Å². The fraction of sp³-hybridized carbons (Fsp3) is 0.308. The molecule has 3 heteroatoms. The zero-order chi connectivity index (χ0) is 20.5. The van der Waals surface area contributed by atoms with E-state index in [-0.39, 0.29) is 0 Å². The van der Waals surface area contributed by atoms with Crippen molar-refractivity contribution in [1.82, 2.24) is 0 Å². The van der Waals surface area contributed by atoms with Crippen LogP contribution in [0.2, 0.25) is 0 Å². The molecule has 1 N–H and O–H groups in total. The third-order valence-electron chi connectivity index (χ3n) is 4.82. The average molecular weight is 390 g/mol. The first-order valence-corrected chi connectivity index (χ1v) is 10.4. The molecule has 0 radical (unpaired) electrons. The number of hydrogen-bond donors (Lipinski definition) is 1. The van der Waals surface area contributed by atoms with Crippen LogP contribution in [0.4, 0.5) is 5.69 Å². The zero-order valence-electron chi connectivity index (χ0n) is 17.7. The second-order valence-corrected chi connectivity index (χ2v) is 7.58. The van der Waals surface area contributed by atoms with Gasteiger partial charge in [-0.1, -0.05) is 62.4 Å². The summed E-state index contributed by atoms with van der Waals surface area (Å²) in [5.41, 5.74) is 4.80. The predicted molar refractivity (Wildman–Crippen MR) is 121 cm³/mol. The first-order valence-electron chi connectivity index (χ1n) is 10.4. The van der Waals surface area contributed by atoms with Crippen molar-refractivity contribution in [3.8, 4) is 11.5 Å². The maximum absolute atomic E-state index is 6.05. The van der Waals surface area contributed by atoms with Crippen LogP contribution in [0, 0.1) is 6.92 Å². The van der Waals surface area contributed by atoms with Gasteiger partial charge in [0.25, 0.3) is 0 Å². The summed E-state index contributed by atoms with van der Waals surface area (Å²) in [5.74, 6) is 2.32. The minimum atomic E-state index is 0.447. The van der Waals surface area contributed by atoms with Gasteiger partial charge in [0.2, 0.25) is 0 Å². The molecular formula is C26H31NO2. The maximum atomic E-state index is 6.05. The van der Waals surface area contributed by atoms with Crippen molar-refractivity contribution in [3.63, 3.8) is 0 Å². The summed E-state index contributed by atoms with van der Waals surface area (Å²) >= 11 is 0. The fourth-order valence-corrected chi connectivity index (χ4v) is 3.23. The highest BCUT2D eigenvalue weighted by Gasteiger charge is 2.08. The SMILES string of the molecule is Cc1ccc(C(C)C)c(OCCNc2cccc(OCCc3ccccc3)c2)c1. The molecule has 3 aromatic carbocycles. The molecule has 0 spiro atoms. The molecule has 0 aliphatic carbocycles. The Morgan fingerprint density at radius 2 is 1.66 bits per heavy atom. The highest BCUT2D eigenvalue weighted by atomic mass is 16.5. The van der Waals surface area contributed by atoms with Crippen LogP contribution in [-0.2, 0) is 6.42 Å². The lowest BCUT2D eigenvalue weighted by Crippen LogP contribution is -2.12. The first kappa shape index (κ1) is 20.8. The van der Waals surface area contributed by atoms with Gasteiger partial charge in [0.1, 0.15) is 18.1 Å². The molecule has 0 aromatic heterocycles. The number of benzene rings is 3. The lowest BCUT2D eigenvalue weighted by molar-refractivity contribution is 0.321. The number of ether oxygens (including phenoxy) is 2. The third-order valence-corrected chi connectivity index (χ3v) is 4.82. The van der Waals surface area contributed by atoms with Crippen LogP contribution < -0.4 is 14.8 Å². The lowest BCUT2D eigenvalue weighted by atomic mass is 10.0. The quantitative estimate of drug-likeness (QED) is 0.417. The van der Waals surface area contributed by atoms with Gasteiger partial charge in [-0.15, -0.1) is 0 Å². The Hall–Kier alpha value is -2.94. The highest BCUT2D eigenvalue weighted by molar-refractivity contribution is 5.48. The van der Waals surface area contributed by atoms with Crippen LogP contribution in [-0.4, -0.2) is 19.8 Å². The van der Waals surface area contributed by atoms with Crippen LogP contribution in [0.3, 0.4) is 0 Å². The van der Waals surface area contributed by atoms with E-state index in [0.29, 0.717) is 19.1 Å². The number of rotatable bonds is 10. The molecule has 3 aromatic rings. The van der Waals surface area contributed by atoms with Gasteiger partial charge in [0.05, 0.1) is 6.61 Å². The zero-order valence-corrected chi connectivity index (χ0v) is 17.7. The summed E-state index contributed by atoms with van der Waals surface area (Å²) in [7, 11) is 0. The van der Waals surface area contributed by atoms with E-state index < -0.39 is 0 Å². The van der Waals surface area contributed by atoms with Crippen LogP contribution in [0.15, 0.2) is 72.8 Å². The minimum absolute atomic E-state index is 0.447. The van der Waals surface area contributed by atoms with Gasteiger partial charge in [-0.25, -0.2) is 0 Å². The topological polar surface area (TPSA) is 30.5 Å². The van der Waals surface area contributed by atoms with E-state index in [1.807, 2.05) is 24.3 Å². The first-order chi connectivity index (χ1) is 14.1. The molecule has 3 rings (SSSR count). The van der Waals surface area contributed by atoms with Gasteiger partial charge in [0.15, 0.2) is 0 Å². The van der Waals surface area contributed by atoms with Crippen molar-refractivity contribution < 1.29 is 9.47 Å². The normalized spacial score (nSPS) is 10.8. The van der Waals surface area contributed by atoms with Crippen molar-refractivity contribution in [2.45, 2.75) is 33.1 Å². The molecule has 0 unspecified atom stereocenters. The number of nitrogens with one attached hydrogen (secondary N) is 1. The van der Waals surface area contributed by atoms with E-state index in [1.54, 1.807) is 0 Å². The predicted octanol–water partition coefficient (Wildman–Crippen LogP) is 6.23. The van der Waals surface area contributed by atoms with Gasteiger partial charge in [0, 0.05) is 24.7 Å². The Morgan fingerprint density at radius 3 is 2.45 bits per heavy atom. The van der Waals surface area contributed by atoms with E-state index in [2.05, 4.69) is 74.6 Å². The highest BCUT2D eigenvalue weighted by Crippen LogP contribution is 2.27. The molecule has 0 saturated heterocycles. The van der Waals surface area contributed by atoms with E-state index in [4.69, 9.17) is 9.47 Å². The second-order valence-electron chi connectivity index (χ2n) is 7.58. The van der Waals surface area contributed by atoms with Crippen LogP contribution in [0.5, 0.6) is 11.5 Å². The lowest BCUT2D eigenvalue weighted by Gasteiger charge is -2.15. The summed E-state index contributed by atoms with van der Waals surface area (Å²) in [5, 5.41) is 3.42. The Bertz CT molecular complexity index is 890. The van der Waals surface area contributed by atoms with E-state index in [0.717, 1.165) is 30.2 Å². The molecule has 29 heavy (non-hydrogen) atoms. The Balaban J connectivity index is 1.45. The van der Waals surface area contributed by atoms with E-state index >= 15 is 0 Å². The molecule has 3 nitrogen and oxygen atoms in total. The summed E-state index contributed by atoms with van der Waals surface area (Å²) in [6, 6.07) is 24.9. The number of aryl methyl sites for hydroxylation is 1. The third kappa shape index (κ3) is 6.56. The van der Waals surface area contributed by atoms with Gasteiger partial charge < -0.3 is 14.8 Å². The van der Waals surface area contributed by atoms with Crippen LogP contribution >= 0.6 is 0 Å². The monoisotopic (exact) mass is 389 g/mol. The number of hydrogen-bond acceptors (Lipinski definition) is 3. The molecule has 0 fully saturated rings. The average Bonchev–Trinajstić information content (AvgIpc) is 2.72. The van der Waals surface area contributed by atoms with Gasteiger partial charge in [-0.2, -0.15) is 0 Å². The molecule has 152 valence electrons. The van der Waals surface area contributed by atoms with Crippen molar-refractivity contribution >= 4 is 5.69 Å². The van der Waals surface area contributed by atoms with Crippen LogP contribution in [0.25, 0.3) is 0 Å². The maximum Gasteiger partial charge on any atom is 0.123 e. The molecule has 0 aliphatic rings. The molecular weight excluding hydrogens is 358 g/mol. The van der Waals surface area contributed by atoms with Gasteiger partial charge in [-0.3, -0.25) is 0 Å². The second kappa shape index (κ2) is 10.6. The van der Waals surface area contributed by atoms with Crippen molar-refractivity contribution in [2.75, 3.05) is 25.1 Å². The summed E-state index contributed by atoms with van der Waals surface area (Å²) in [6.07, 6.45) is 0.904. The standard InChI is InChI=1S/C26H31NO2/c1-20(2)25-13-12-21(3)18-26(25)29-17-15-27-23-10-7-11-24(19-23)28-16-14-22-8-5-4-6-9-22/h4-13,18-20,27H,14-17H2,1-3H3. The molecule has 0 atom stereocenters. The Labute approximate surface area is 174 Å². The molecule has 0 aliphatic heterocycles. The Morgan fingerprint density at radius 1 is 0.828 bits per heavy atom. The molecule has 0 amide bonds. The molecule has 0 saturated carbocycles. The largest absolute Gasteiger partial charge is 0.493 e. The Kier molecular flexibility index (Phi) is 7.57. The molecule has 0 bridgehead atoms. The summed E-state index contributed by atoms with van der Waals surface area (Å²) < 4.78 is 12.0. The summed E-state index contributed by atoms with van der Waals surface area (Å²) in [6.45, 7) is 8.50. The smallest absolute Gasteiger partial charge is 0.123 e. The summed E-state index contributed by atoms with van der Waals surface area (Å²) in [4.78, 5) is 0. The molecule has 0 heterocycles. The van der Waals surface area contributed by atoms with E-state index in [1.165, 1.54) is 16.7 Å². The van der Waals surface area contributed by atoms with Crippen molar-refractivity contribution in [2.24, 2.45) is 0 Å². The van der Waals surface area contributed by atoms with Crippen molar-refractivity contribution in [1.29, 1.82) is 0 Å². The minimum Gasteiger partial charge on any atom is -0.493 e. The van der Waals surface area contributed by atoms with Gasteiger partial charge >= 0.3 is 0 Å². The fourth-order valence-electron chi connectivity index (χ4n) is 3.23. The number of anilines is 1.